The van der Waals surface area contributed by atoms with E-state index in [-0.39, 0.29) is 24.7 Å². The highest BCUT2D eigenvalue weighted by molar-refractivity contribution is 5.79. The Labute approximate surface area is 117 Å². The number of hydrogen-bond acceptors (Lipinski definition) is 6. The van der Waals surface area contributed by atoms with Gasteiger partial charge in [0.1, 0.15) is 12.4 Å². The van der Waals surface area contributed by atoms with Gasteiger partial charge in [-0.05, 0) is 0 Å². The first-order valence-corrected chi connectivity index (χ1v) is 6.70. The maximum atomic E-state index is 12.0. The molecule has 1 amide bonds. The van der Waals surface area contributed by atoms with Crippen LogP contribution < -0.4 is 4.90 Å². The first kappa shape index (κ1) is 13.3. The molecule has 2 aliphatic rings. The van der Waals surface area contributed by atoms with Gasteiger partial charge >= 0.3 is 0 Å². The minimum Gasteiger partial charge on any atom is -0.383 e. The topological polar surface area (TPSA) is 67.8 Å². The van der Waals surface area contributed by atoms with Crippen molar-refractivity contribution in [2.45, 2.75) is 12.1 Å². The van der Waals surface area contributed by atoms with Crippen molar-refractivity contribution in [3.63, 3.8) is 0 Å². The summed E-state index contributed by atoms with van der Waals surface area (Å²) >= 11 is 0. The molecule has 1 aromatic rings. The van der Waals surface area contributed by atoms with E-state index in [4.69, 9.17) is 9.47 Å². The molecular formula is C13H18N4O3. The number of carbonyl (C=O) groups is 1. The van der Waals surface area contributed by atoms with Gasteiger partial charge in [-0.2, -0.15) is 0 Å². The average Bonchev–Trinajstić information content (AvgIpc) is 2.91. The van der Waals surface area contributed by atoms with Gasteiger partial charge in [-0.1, -0.05) is 0 Å². The summed E-state index contributed by atoms with van der Waals surface area (Å²) in [5.74, 6) is 0.855. The number of hydrogen-bond donors (Lipinski definition) is 0. The molecule has 0 radical (unpaired) electrons. The van der Waals surface area contributed by atoms with Crippen molar-refractivity contribution in [2.75, 3.05) is 44.9 Å². The number of morpholine rings is 1. The minimum atomic E-state index is 0.0318. The molecule has 7 nitrogen and oxygen atoms in total. The van der Waals surface area contributed by atoms with Crippen molar-refractivity contribution >= 4 is 11.7 Å². The zero-order valence-corrected chi connectivity index (χ0v) is 11.4. The third kappa shape index (κ3) is 2.46. The van der Waals surface area contributed by atoms with Gasteiger partial charge in [0.2, 0.25) is 5.91 Å². The molecule has 2 atom stereocenters. The number of methoxy groups -OCH3 is 1. The number of rotatable bonds is 4. The van der Waals surface area contributed by atoms with E-state index in [1.165, 1.54) is 0 Å². The van der Waals surface area contributed by atoms with E-state index >= 15 is 0 Å². The predicted octanol–water partition coefficient (Wildman–Crippen LogP) is -0.461. The second-order valence-electron chi connectivity index (χ2n) is 4.97. The van der Waals surface area contributed by atoms with E-state index in [2.05, 4.69) is 14.9 Å². The normalized spacial score (nSPS) is 25.9. The van der Waals surface area contributed by atoms with Crippen molar-refractivity contribution < 1.29 is 14.3 Å². The largest absolute Gasteiger partial charge is 0.383 e. The van der Waals surface area contributed by atoms with Crippen molar-refractivity contribution in [2.24, 2.45) is 0 Å². The molecule has 0 spiro atoms. The number of carbonyl (C=O) groups excluding carboxylic acids is 1. The molecule has 7 heteroatoms. The lowest BCUT2D eigenvalue weighted by atomic mass is 10.1. The third-order valence-electron chi connectivity index (χ3n) is 3.79. The Morgan fingerprint density at radius 2 is 2.35 bits per heavy atom. The zero-order chi connectivity index (χ0) is 13.9. The quantitative estimate of drug-likeness (QED) is 0.742. The van der Waals surface area contributed by atoms with Crippen LogP contribution in [0.2, 0.25) is 0 Å². The first-order valence-electron chi connectivity index (χ1n) is 6.70. The van der Waals surface area contributed by atoms with E-state index in [0.29, 0.717) is 13.2 Å². The summed E-state index contributed by atoms with van der Waals surface area (Å²) in [6.45, 7) is 2.76. The lowest BCUT2D eigenvalue weighted by Gasteiger charge is -2.36. The molecule has 0 bridgehead atoms. The molecule has 108 valence electrons. The summed E-state index contributed by atoms with van der Waals surface area (Å²) in [5.41, 5.74) is 0. The lowest BCUT2D eigenvalue weighted by molar-refractivity contribution is -0.153. The maximum Gasteiger partial charge on any atom is 0.249 e. The van der Waals surface area contributed by atoms with E-state index < -0.39 is 0 Å². The third-order valence-corrected chi connectivity index (χ3v) is 3.79. The fourth-order valence-electron chi connectivity index (χ4n) is 2.79. The van der Waals surface area contributed by atoms with Crippen LogP contribution in [-0.2, 0) is 14.3 Å². The molecule has 0 N–H and O–H groups in total. The first-order chi connectivity index (χ1) is 9.79. The van der Waals surface area contributed by atoms with Crippen LogP contribution in [0.4, 0.5) is 5.82 Å². The predicted molar refractivity (Wildman–Crippen MR) is 71.4 cm³/mol. The number of anilines is 1. The molecule has 0 aromatic carbocycles. The molecule has 0 saturated carbocycles. The van der Waals surface area contributed by atoms with Gasteiger partial charge in [-0.25, -0.2) is 4.98 Å². The summed E-state index contributed by atoms with van der Waals surface area (Å²) < 4.78 is 10.7. The van der Waals surface area contributed by atoms with Gasteiger partial charge in [-0.15, -0.1) is 0 Å². The Morgan fingerprint density at radius 1 is 1.45 bits per heavy atom. The SMILES string of the molecule is COCCN1C(=O)CO[C@H]2CN(c3cnccn3)C[C@@H]21. The Kier molecular flexibility index (Phi) is 3.79. The van der Waals surface area contributed by atoms with E-state index in [1.807, 2.05) is 4.90 Å². The van der Waals surface area contributed by atoms with Gasteiger partial charge in [-0.3, -0.25) is 9.78 Å². The van der Waals surface area contributed by atoms with Crippen LogP contribution in [0.25, 0.3) is 0 Å². The van der Waals surface area contributed by atoms with Crippen molar-refractivity contribution in [1.29, 1.82) is 0 Å². The maximum absolute atomic E-state index is 12.0. The van der Waals surface area contributed by atoms with Gasteiger partial charge in [0.25, 0.3) is 0 Å². The van der Waals surface area contributed by atoms with Crippen LogP contribution in [0.15, 0.2) is 18.6 Å². The summed E-state index contributed by atoms with van der Waals surface area (Å²) in [6, 6.07) is 0.0633. The van der Waals surface area contributed by atoms with E-state index in [0.717, 1.165) is 18.9 Å². The highest BCUT2D eigenvalue weighted by Gasteiger charge is 2.43. The lowest BCUT2D eigenvalue weighted by Crippen LogP contribution is -2.54. The summed E-state index contributed by atoms with van der Waals surface area (Å²) in [6.07, 6.45) is 5.09. The molecule has 3 heterocycles. The fraction of sp³-hybridized carbons (Fsp3) is 0.615. The zero-order valence-electron chi connectivity index (χ0n) is 11.4. The average molecular weight is 278 g/mol. The number of ether oxygens (including phenoxy) is 2. The molecule has 20 heavy (non-hydrogen) atoms. The standard InChI is InChI=1S/C13H18N4O3/c1-19-5-4-17-10-7-16(12-6-14-2-3-15-12)8-11(10)20-9-13(17)18/h2-3,6,10-11H,4-5,7-9H2,1H3/t10-,11-/m0/s1. The molecule has 2 aliphatic heterocycles. The molecular weight excluding hydrogens is 260 g/mol. The van der Waals surface area contributed by atoms with Crippen LogP contribution in [-0.4, -0.2) is 72.9 Å². The minimum absolute atomic E-state index is 0.0318. The number of nitrogens with zero attached hydrogens (tertiary/aromatic N) is 4. The molecule has 3 rings (SSSR count). The molecule has 0 aliphatic carbocycles. The summed E-state index contributed by atoms with van der Waals surface area (Å²) in [4.78, 5) is 24.4. The number of fused-ring (bicyclic) bond motifs is 1. The van der Waals surface area contributed by atoms with Crippen molar-refractivity contribution in [1.82, 2.24) is 14.9 Å². The second-order valence-corrected chi connectivity index (χ2v) is 4.97. The Balaban J connectivity index is 1.73. The van der Waals surface area contributed by atoms with Crippen molar-refractivity contribution in [3.05, 3.63) is 18.6 Å². The Hall–Kier alpha value is -1.73. The Morgan fingerprint density at radius 3 is 3.10 bits per heavy atom. The van der Waals surface area contributed by atoms with E-state index in [9.17, 15) is 4.79 Å². The van der Waals surface area contributed by atoms with E-state index in [1.54, 1.807) is 25.7 Å². The summed E-state index contributed by atoms with van der Waals surface area (Å²) in [5, 5.41) is 0. The van der Waals surface area contributed by atoms with Gasteiger partial charge < -0.3 is 19.3 Å². The summed E-state index contributed by atoms with van der Waals surface area (Å²) in [7, 11) is 1.64. The monoisotopic (exact) mass is 278 g/mol. The Bertz CT molecular complexity index is 470. The molecule has 2 saturated heterocycles. The van der Waals surface area contributed by atoms with Gasteiger partial charge in [0.05, 0.1) is 24.9 Å². The van der Waals surface area contributed by atoms with Gasteiger partial charge in [0.15, 0.2) is 0 Å². The highest BCUT2D eigenvalue weighted by Crippen LogP contribution is 2.26. The van der Waals surface area contributed by atoms with Crippen LogP contribution >= 0.6 is 0 Å². The smallest absolute Gasteiger partial charge is 0.249 e. The molecule has 1 aromatic heterocycles. The van der Waals surface area contributed by atoms with Crippen LogP contribution in [0.5, 0.6) is 0 Å². The fourth-order valence-corrected chi connectivity index (χ4v) is 2.79. The van der Waals surface area contributed by atoms with Gasteiger partial charge in [0, 0.05) is 39.1 Å². The second kappa shape index (κ2) is 5.72. The number of amides is 1. The molecule has 0 unspecified atom stereocenters. The van der Waals surface area contributed by atoms with Crippen molar-refractivity contribution in [3.8, 4) is 0 Å². The van der Waals surface area contributed by atoms with Crippen LogP contribution in [0.3, 0.4) is 0 Å². The van der Waals surface area contributed by atoms with Crippen LogP contribution in [0.1, 0.15) is 0 Å². The van der Waals surface area contributed by atoms with Crippen LogP contribution in [0, 0.1) is 0 Å². The molecule has 2 fully saturated rings. The number of aromatic nitrogens is 2. The highest BCUT2D eigenvalue weighted by atomic mass is 16.5.